The number of hydrogen-bond acceptors (Lipinski definition) is 5. The van der Waals surface area contributed by atoms with E-state index >= 15 is 0 Å². The minimum atomic E-state index is -0.774. The van der Waals surface area contributed by atoms with Crippen LogP contribution in [-0.4, -0.2) is 30.9 Å². The van der Waals surface area contributed by atoms with E-state index in [9.17, 15) is 9.90 Å². The van der Waals surface area contributed by atoms with E-state index in [1.54, 1.807) is 6.07 Å². The van der Waals surface area contributed by atoms with Crippen molar-refractivity contribution in [3.05, 3.63) is 18.2 Å². The van der Waals surface area contributed by atoms with Gasteiger partial charge in [-0.3, -0.25) is 0 Å². The summed E-state index contributed by atoms with van der Waals surface area (Å²) in [6.45, 7) is 0.116. The van der Waals surface area contributed by atoms with Crippen LogP contribution in [0.2, 0.25) is 0 Å². The van der Waals surface area contributed by atoms with Crippen LogP contribution in [0.25, 0.3) is 0 Å². The molecule has 15 heavy (non-hydrogen) atoms. The third-order valence-corrected chi connectivity index (χ3v) is 2.05. The van der Waals surface area contributed by atoms with Crippen LogP contribution >= 0.6 is 0 Å². The molecule has 1 unspecified atom stereocenters. The lowest BCUT2D eigenvalue weighted by Crippen LogP contribution is -2.37. The third-order valence-electron chi connectivity index (χ3n) is 2.05. The first-order valence-electron chi connectivity index (χ1n) is 4.41. The fourth-order valence-corrected chi connectivity index (χ4v) is 1.31. The fraction of sp³-hybridized carbons (Fsp3) is 0.300. The number of rotatable bonds is 1. The second-order valence-corrected chi connectivity index (χ2v) is 3.07. The van der Waals surface area contributed by atoms with Crippen LogP contribution in [0.4, 0.5) is 0 Å². The minimum Gasteiger partial charge on any atom is -0.508 e. The Bertz CT molecular complexity index is 387. The second-order valence-electron chi connectivity index (χ2n) is 3.07. The lowest BCUT2D eigenvalue weighted by Gasteiger charge is -2.24. The molecule has 0 spiro atoms. The Kier molecular flexibility index (Phi) is 2.37. The highest BCUT2D eigenvalue weighted by Gasteiger charge is 2.28. The van der Waals surface area contributed by atoms with Crippen molar-refractivity contribution < 1.29 is 24.1 Å². The average molecular weight is 210 g/mol. The van der Waals surface area contributed by atoms with Gasteiger partial charge in [0.2, 0.25) is 6.10 Å². The predicted octanol–water partition coefficient (Wildman–Crippen LogP) is 0.705. The van der Waals surface area contributed by atoms with Gasteiger partial charge in [-0.15, -0.1) is 0 Å². The molecule has 0 aromatic heterocycles. The Morgan fingerprint density at radius 1 is 1.53 bits per heavy atom. The second kappa shape index (κ2) is 3.68. The number of carbonyl (C=O) groups excluding carboxylic acids is 1. The molecule has 5 heteroatoms. The Morgan fingerprint density at radius 2 is 2.33 bits per heavy atom. The summed E-state index contributed by atoms with van der Waals surface area (Å²) in [7, 11) is 1.28. The van der Waals surface area contributed by atoms with Crippen LogP contribution in [-0.2, 0) is 9.53 Å². The number of fused-ring (bicyclic) bond motifs is 1. The van der Waals surface area contributed by atoms with Gasteiger partial charge in [0.05, 0.1) is 7.11 Å². The summed E-state index contributed by atoms with van der Waals surface area (Å²) in [5.41, 5.74) is 0. The highest BCUT2D eigenvalue weighted by molar-refractivity contribution is 5.75. The maximum Gasteiger partial charge on any atom is 0.350 e. The number of phenols is 1. The molecule has 0 aliphatic carbocycles. The maximum atomic E-state index is 11.2. The summed E-state index contributed by atoms with van der Waals surface area (Å²) in [6.07, 6.45) is -0.774. The third kappa shape index (κ3) is 1.81. The molecule has 0 bridgehead atoms. The summed E-state index contributed by atoms with van der Waals surface area (Å²) in [6, 6.07) is 4.46. The summed E-state index contributed by atoms with van der Waals surface area (Å²) in [5.74, 6) is 0.413. The molecule has 1 N–H and O–H groups in total. The molecule has 0 saturated heterocycles. The van der Waals surface area contributed by atoms with Gasteiger partial charge in [0.15, 0.2) is 11.5 Å². The van der Waals surface area contributed by atoms with Crippen LogP contribution in [0, 0.1) is 0 Å². The standard InChI is InChI=1S/C10H10O5/c1-13-10(12)9-5-14-7-3-2-6(11)4-8(7)15-9/h2-4,9,11H,5H2,1H3. The first-order chi connectivity index (χ1) is 7.20. The van der Waals surface area contributed by atoms with Gasteiger partial charge in [-0.25, -0.2) is 4.79 Å². The first kappa shape index (κ1) is 9.64. The first-order valence-corrected chi connectivity index (χ1v) is 4.41. The van der Waals surface area contributed by atoms with Gasteiger partial charge < -0.3 is 19.3 Å². The average Bonchev–Trinajstić information content (AvgIpc) is 2.27. The zero-order valence-corrected chi connectivity index (χ0v) is 8.10. The SMILES string of the molecule is COC(=O)C1COc2ccc(O)cc2O1. The van der Waals surface area contributed by atoms with Crippen LogP contribution in [0.15, 0.2) is 18.2 Å². The smallest absolute Gasteiger partial charge is 0.350 e. The fourth-order valence-electron chi connectivity index (χ4n) is 1.31. The van der Waals surface area contributed by atoms with E-state index in [0.717, 1.165) is 0 Å². The van der Waals surface area contributed by atoms with Gasteiger partial charge in [-0.05, 0) is 12.1 Å². The zero-order valence-electron chi connectivity index (χ0n) is 8.10. The van der Waals surface area contributed by atoms with E-state index < -0.39 is 12.1 Å². The van der Waals surface area contributed by atoms with Crippen molar-refractivity contribution in [2.75, 3.05) is 13.7 Å². The number of ether oxygens (including phenoxy) is 3. The van der Waals surface area contributed by atoms with Crippen molar-refractivity contribution in [2.24, 2.45) is 0 Å². The number of aromatic hydroxyl groups is 1. The van der Waals surface area contributed by atoms with Crippen molar-refractivity contribution in [3.63, 3.8) is 0 Å². The Morgan fingerprint density at radius 3 is 3.07 bits per heavy atom. The predicted molar refractivity (Wildman–Crippen MR) is 50.0 cm³/mol. The van der Waals surface area contributed by atoms with Crippen molar-refractivity contribution in [1.29, 1.82) is 0 Å². The minimum absolute atomic E-state index is 0.0582. The molecule has 2 rings (SSSR count). The van der Waals surface area contributed by atoms with Crippen LogP contribution in [0.3, 0.4) is 0 Å². The molecule has 1 aliphatic heterocycles. The van der Waals surface area contributed by atoms with Gasteiger partial charge in [0, 0.05) is 6.07 Å². The van der Waals surface area contributed by atoms with Crippen molar-refractivity contribution >= 4 is 5.97 Å². The molecule has 5 nitrogen and oxygen atoms in total. The lowest BCUT2D eigenvalue weighted by molar-refractivity contribution is -0.151. The molecular weight excluding hydrogens is 200 g/mol. The van der Waals surface area contributed by atoms with Gasteiger partial charge >= 0.3 is 5.97 Å². The molecule has 1 aliphatic rings. The Hall–Kier alpha value is -1.91. The Balaban J connectivity index is 2.22. The lowest BCUT2D eigenvalue weighted by atomic mass is 10.2. The van der Waals surface area contributed by atoms with Crippen molar-refractivity contribution in [2.45, 2.75) is 6.10 Å². The molecule has 0 radical (unpaired) electrons. The molecule has 1 aromatic rings. The van der Waals surface area contributed by atoms with Crippen molar-refractivity contribution in [3.8, 4) is 17.2 Å². The number of esters is 1. The largest absolute Gasteiger partial charge is 0.508 e. The quantitative estimate of drug-likeness (QED) is 0.691. The van der Waals surface area contributed by atoms with E-state index in [1.807, 2.05) is 0 Å². The molecule has 1 heterocycles. The van der Waals surface area contributed by atoms with Crippen LogP contribution < -0.4 is 9.47 Å². The molecule has 1 aromatic carbocycles. The Labute approximate surface area is 86.2 Å². The zero-order chi connectivity index (χ0) is 10.8. The monoisotopic (exact) mass is 210 g/mol. The number of phenolic OH excluding ortho intramolecular Hbond substituents is 1. The van der Waals surface area contributed by atoms with Crippen LogP contribution in [0.1, 0.15) is 0 Å². The van der Waals surface area contributed by atoms with E-state index in [4.69, 9.17) is 9.47 Å². The van der Waals surface area contributed by atoms with Gasteiger partial charge in [0.1, 0.15) is 12.4 Å². The van der Waals surface area contributed by atoms with E-state index in [1.165, 1.54) is 19.2 Å². The highest BCUT2D eigenvalue weighted by atomic mass is 16.6. The molecule has 1 atom stereocenters. The van der Waals surface area contributed by atoms with Gasteiger partial charge in [-0.2, -0.15) is 0 Å². The van der Waals surface area contributed by atoms with Gasteiger partial charge in [0.25, 0.3) is 0 Å². The van der Waals surface area contributed by atoms with Crippen LogP contribution in [0.5, 0.6) is 17.2 Å². The molecule has 0 saturated carbocycles. The van der Waals surface area contributed by atoms with E-state index in [0.29, 0.717) is 11.5 Å². The summed E-state index contributed by atoms with van der Waals surface area (Å²) in [4.78, 5) is 11.2. The molecule has 0 fully saturated rings. The number of carbonyl (C=O) groups is 1. The molecular formula is C10H10O5. The van der Waals surface area contributed by atoms with E-state index in [2.05, 4.69) is 4.74 Å². The number of methoxy groups -OCH3 is 1. The number of hydrogen-bond donors (Lipinski definition) is 1. The summed E-state index contributed by atoms with van der Waals surface area (Å²) >= 11 is 0. The maximum absolute atomic E-state index is 11.2. The normalized spacial score (nSPS) is 18.3. The number of benzene rings is 1. The van der Waals surface area contributed by atoms with E-state index in [-0.39, 0.29) is 12.4 Å². The highest BCUT2D eigenvalue weighted by Crippen LogP contribution is 2.34. The van der Waals surface area contributed by atoms with Gasteiger partial charge in [-0.1, -0.05) is 0 Å². The summed E-state index contributed by atoms with van der Waals surface area (Å²) < 4.78 is 15.1. The topological polar surface area (TPSA) is 65.0 Å². The summed E-state index contributed by atoms with van der Waals surface area (Å²) in [5, 5.41) is 9.22. The molecule has 80 valence electrons. The molecule has 0 amide bonds. The van der Waals surface area contributed by atoms with Crippen molar-refractivity contribution in [1.82, 2.24) is 0 Å².